The van der Waals surface area contributed by atoms with Crippen molar-refractivity contribution in [3.63, 3.8) is 0 Å². The summed E-state index contributed by atoms with van der Waals surface area (Å²) in [4.78, 5) is 10.9. The molecule has 0 amide bonds. The highest BCUT2D eigenvalue weighted by Gasteiger charge is 2.35. The lowest BCUT2D eigenvalue weighted by molar-refractivity contribution is 0.0126. The van der Waals surface area contributed by atoms with Gasteiger partial charge in [-0.25, -0.2) is 13.2 Å². The summed E-state index contributed by atoms with van der Waals surface area (Å²) < 4.78 is 26.8. The molecular formula is C13H16BrNO5S. The third kappa shape index (κ3) is 3.45. The van der Waals surface area contributed by atoms with Crippen LogP contribution in [0.1, 0.15) is 30.1 Å². The normalized spacial score (nSPS) is 19.4. The fraction of sp³-hybridized carbons (Fsp3) is 0.462. The molecule has 0 unspecified atom stereocenters. The van der Waals surface area contributed by atoms with Crippen molar-refractivity contribution in [2.75, 3.05) is 13.1 Å². The molecule has 1 saturated heterocycles. The van der Waals surface area contributed by atoms with E-state index in [0.717, 1.165) is 6.07 Å². The molecule has 0 radical (unpaired) electrons. The zero-order chi connectivity index (χ0) is 15.8. The zero-order valence-electron chi connectivity index (χ0n) is 11.4. The first-order valence-corrected chi connectivity index (χ1v) is 8.62. The van der Waals surface area contributed by atoms with Crippen LogP contribution in [0.3, 0.4) is 0 Å². The van der Waals surface area contributed by atoms with Gasteiger partial charge in [-0.15, -0.1) is 0 Å². The highest BCUT2D eigenvalue weighted by atomic mass is 79.9. The summed E-state index contributed by atoms with van der Waals surface area (Å²) >= 11 is 3.16. The average molecular weight is 378 g/mol. The summed E-state index contributed by atoms with van der Waals surface area (Å²) in [7, 11) is -3.79. The molecule has 1 heterocycles. The third-order valence-electron chi connectivity index (χ3n) is 3.60. The van der Waals surface area contributed by atoms with Crippen LogP contribution in [-0.2, 0) is 10.0 Å². The quantitative estimate of drug-likeness (QED) is 0.835. The summed E-state index contributed by atoms with van der Waals surface area (Å²) in [5, 5.41) is 18.9. The van der Waals surface area contributed by atoms with E-state index in [1.54, 1.807) is 6.92 Å². The van der Waals surface area contributed by atoms with Crippen molar-refractivity contribution in [3.8, 4) is 0 Å². The number of carboxylic acids is 1. The van der Waals surface area contributed by atoms with Gasteiger partial charge in [0.1, 0.15) is 0 Å². The average Bonchev–Trinajstić information content (AvgIpc) is 2.38. The summed E-state index contributed by atoms with van der Waals surface area (Å²) in [6.45, 7) is 2.09. The van der Waals surface area contributed by atoms with Gasteiger partial charge in [0.25, 0.3) is 0 Å². The van der Waals surface area contributed by atoms with Gasteiger partial charge < -0.3 is 10.2 Å². The van der Waals surface area contributed by atoms with E-state index in [2.05, 4.69) is 15.9 Å². The summed E-state index contributed by atoms with van der Waals surface area (Å²) in [5.74, 6) is -1.18. The number of aromatic carboxylic acids is 1. The van der Waals surface area contributed by atoms with Crippen LogP contribution in [0.25, 0.3) is 0 Å². The van der Waals surface area contributed by atoms with Crippen LogP contribution in [0, 0.1) is 0 Å². The van der Waals surface area contributed by atoms with E-state index in [0.29, 0.717) is 17.3 Å². The molecule has 1 fully saturated rings. The Hall–Kier alpha value is -0.960. The van der Waals surface area contributed by atoms with Crippen molar-refractivity contribution in [2.24, 2.45) is 0 Å². The minimum atomic E-state index is -3.79. The Morgan fingerprint density at radius 3 is 2.43 bits per heavy atom. The third-order valence-corrected chi connectivity index (χ3v) is 6.49. The van der Waals surface area contributed by atoms with Crippen molar-refractivity contribution in [1.82, 2.24) is 4.31 Å². The number of benzene rings is 1. The molecule has 21 heavy (non-hydrogen) atoms. The maximum Gasteiger partial charge on any atom is 0.335 e. The Kier molecular flexibility index (Phi) is 4.44. The first kappa shape index (κ1) is 16.4. The summed E-state index contributed by atoms with van der Waals surface area (Å²) in [5.41, 5.74) is -0.938. The van der Waals surface area contributed by atoms with Gasteiger partial charge in [-0.2, -0.15) is 4.31 Å². The predicted molar refractivity (Wildman–Crippen MR) is 79.7 cm³/mol. The number of hydrogen-bond acceptors (Lipinski definition) is 4. The van der Waals surface area contributed by atoms with E-state index in [1.807, 2.05) is 0 Å². The molecule has 0 aromatic heterocycles. The molecule has 0 saturated carbocycles. The Labute approximate surface area is 131 Å². The van der Waals surface area contributed by atoms with Crippen molar-refractivity contribution in [1.29, 1.82) is 0 Å². The van der Waals surface area contributed by atoms with Gasteiger partial charge in [0.2, 0.25) is 10.0 Å². The lowest BCUT2D eigenvalue weighted by atomic mass is 9.95. The van der Waals surface area contributed by atoms with Crippen LogP contribution in [0.2, 0.25) is 0 Å². The fourth-order valence-corrected chi connectivity index (χ4v) is 4.57. The predicted octanol–water partition coefficient (Wildman–Crippen LogP) is 1.68. The molecule has 2 rings (SSSR count). The maximum atomic E-state index is 12.6. The number of piperidine rings is 1. The molecule has 116 valence electrons. The second-order valence-corrected chi connectivity index (χ2v) is 8.11. The molecule has 1 aliphatic rings. The van der Waals surface area contributed by atoms with E-state index in [1.165, 1.54) is 16.4 Å². The number of rotatable bonds is 3. The van der Waals surface area contributed by atoms with Gasteiger partial charge in [-0.3, -0.25) is 0 Å². The van der Waals surface area contributed by atoms with Crippen LogP contribution < -0.4 is 0 Å². The molecule has 2 N–H and O–H groups in total. The number of nitrogens with zero attached hydrogens (tertiary/aromatic N) is 1. The molecule has 8 heteroatoms. The molecule has 1 aliphatic heterocycles. The monoisotopic (exact) mass is 377 g/mol. The first-order chi connectivity index (χ1) is 9.63. The van der Waals surface area contributed by atoms with Gasteiger partial charge >= 0.3 is 5.97 Å². The molecule has 6 nitrogen and oxygen atoms in total. The van der Waals surface area contributed by atoms with E-state index in [4.69, 9.17) is 5.11 Å². The van der Waals surface area contributed by atoms with E-state index in [-0.39, 0.29) is 23.5 Å². The van der Waals surface area contributed by atoms with Crippen LogP contribution in [-0.4, -0.2) is 47.6 Å². The SMILES string of the molecule is CC1(O)CCN(S(=O)(=O)c2cc(C(=O)O)ccc2Br)CC1. The van der Waals surface area contributed by atoms with Gasteiger partial charge in [0, 0.05) is 17.6 Å². The summed E-state index contributed by atoms with van der Waals surface area (Å²) in [6, 6.07) is 3.90. The minimum absolute atomic E-state index is 0.0658. The number of carbonyl (C=O) groups is 1. The number of carboxylic acid groups (broad SMARTS) is 1. The lowest BCUT2D eigenvalue weighted by Gasteiger charge is -2.35. The molecule has 1 aromatic rings. The maximum absolute atomic E-state index is 12.6. The fourth-order valence-electron chi connectivity index (χ4n) is 2.18. The number of sulfonamides is 1. The zero-order valence-corrected chi connectivity index (χ0v) is 13.8. The highest BCUT2D eigenvalue weighted by molar-refractivity contribution is 9.10. The molecule has 0 bridgehead atoms. The van der Waals surface area contributed by atoms with Crippen molar-refractivity contribution < 1.29 is 23.4 Å². The van der Waals surface area contributed by atoms with Crippen LogP contribution in [0.5, 0.6) is 0 Å². The lowest BCUT2D eigenvalue weighted by Crippen LogP contribution is -2.45. The number of hydrogen-bond donors (Lipinski definition) is 2. The van der Waals surface area contributed by atoms with Crippen molar-refractivity contribution >= 4 is 31.9 Å². The Bertz CT molecular complexity index is 661. The molecule has 1 aromatic carbocycles. The number of aliphatic hydroxyl groups is 1. The van der Waals surface area contributed by atoms with Crippen molar-refractivity contribution in [2.45, 2.75) is 30.3 Å². The highest BCUT2D eigenvalue weighted by Crippen LogP contribution is 2.30. The van der Waals surface area contributed by atoms with Gasteiger partial charge in [-0.05, 0) is 53.9 Å². The van der Waals surface area contributed by atoms with Gasteiger partial charge in [-0.1, -0.05) is 0 Å². The Balaban J connectivity index is 2.36. The Morgan fingerprint density at radius 1 is 1.33 bits per heavy atom. The molecule has 0 atom stereocenters. The molecular weight excluding hydrogens is 362 g/mol. The van der Waals surface area contributed by atoms with Gasteiger partial charge in [0.05, 0.1) is 16.1 Å². The Morgan fingerprint density at radius 2 is 1.90 bits per heavy atom. The smallest absolute Gasteiger partial charge is 0.335 e. The second-order valence-electron chi connectivity index (χ2n) is 5.35. The van der Waals surface area contributed by atoms with Crippen LogP contribution >= 0.6 is 15.9 Å². The topological polar surface area (TPSA) is 94.9 Å². The van der Waals surface area contributed by atoms with Gasteiger partial charge in [0.15, 0.2) is 0 Å². The van der Waals surface area contributed by atoms with Crippen LogP contribution in [0.15, 0.2) is 27.6 Å². The largest absolute Gasteiger partial charge is 0.478 e. The van der Waals surface area contributed by atoms with E-state index >= 15 is 0 Å². The second kappa shape index (κ2) is 5.68. The molecule has 0 spiro atoms. The van der Waals surface area contributed by atoms with E-state index in [9.17, 15) is 18.3 Å². The summed E-state index contributed by atoms with van der Waals surface area (Å²) in [6.07, 6.45) is 0.699. The van der Waals surface area contributed by atoms with Crippen LogP contribution in [0.4, 0.5) is 0 Å². The van der Waals surface area contributed by atoms with E-state index < -0.39 is 21.6 Å². The molecule has 0 aliphatic carbocycles. The first-order valence-electron chi connectivity index (χ1n) is 6.39. The minimum Gasteiger partial charge on any atom is -0.478 e. The number of halogens is 1. The van der Waals surface area contributed by atoms with Crippen molar-refractivity contribution in [3.05, 3.63) is 28.2 Å². The standard InChI is InChI=1S/C13H16BrNO5S/c1-13(18)4-6-15(7-5-13)21(19,20)11-8-9(12(16)17)2-3-10(11)14/h2-3,8,18H,4-7H2,1H3,(H,16,17).